The first-order valence-electron chi connectivity index (χ1n) is 8.12. The summed E-state index contributed by atoms with van der Waals surface area (Å²) < 4.78 is 19.0. The van der Waals surface area contributed by atoms with Crippen molar-refractivity contribution in [2.24, 2.45) is 0 Å². The van der Waals surface area contributed by atoms with Crippen molar-refractivity contribution in [3.05, 3.63) is 89.9 Å². The highest BCUT2D eigenvalue weighted by atomic mass is 32.1. The Bertz CT molecular complexity index is 874. The summed E-state index contributed by atoms with van der Waals surface area (Å²) in [5.74, 6) is 0.761. The van der Waals surface area contributed by atoms with E-state index in [2.05, 4.69) is 15.6 Å². The SMILES string of the molecule is Fc1cccc(COc2cccnc2NC(=S)NCc2ccccc2)c1. The molecule has 0 fully saturated rings. The standard InChI is InChI=1S/C20H18FN3OS/c21-17-9-4-8-16(12-17)14-25-18-10-5-11-22-19(18)24-20(26)23-13-15-6-2-1-3-7-15/h1-12H,13-14H2,(H2,22,23,24,26). The number of aromatic nitrogens is 1. The smallest absolute Gasteiger partial charge is 0.174 e. The second kappa shape index (κ2) is 8.92. The van der Waals surface area contributed by atoms with E-state index >= 15 is 0 Å². The first-order chi connectivity index (χ1) is 12.7. The van der Waals surface area contributed by atoms with Gasteiger partial charge in [-0.25, -0.2) is 9.37 Å². The lowest BCUT2D eigenvalue weighted by Crippen LogP contribution is -2.28. The summed E-state index contributed by atoms with van der Waals surface area (Å²) in [7, 11) is 0. The van der Waals surface area contributed by atoms with Gasteiger partial charge in [0.25, 0.3) is 0 Å². The van der Waals surface area contributed by atoms with Crippen LogP contribution >= 0.6 is 12.2 Å². The number of hydrogen-bond donors (Lipinski definition) is 2. The molecule has 0 bridgehead atoms. The maximum Gasteiger partial charge on any atom is 0.174 e. The molecule has 1 aromatic heterocycles. The summed E-state index contributed by atoms with van der Waals surface area (Å²) in [5.41, 5.74) is 1.87. The highest BCUT2D eigenvalue weighted by Crippen LogP contribution is 2.22. The molecule has 4 nitrogen and oxygen atoms in total. The molecule has 0 amide bonds. The molecule has 6 heteroatoms. The van der Waals surface area contributed by atoms with Crippen LogP contribution in [0.2, 0.25) is 0 Å². The normalized spacial score (nSPS) is 10.2. The van der Waals surface area contributed by atoms with Crippen molar-refractivity contribution in [2.75, 3.05) is 5.32 Å². The fourth-order valence-corrected chi connectivity index (χ4v) is 2.49. The van der Waals surface area contributed by atoms with Crippen LogP contribution in [0.3, 0.4) is 0 Å². The molecule has 0 atom stereocenters. The number of benzene rings is 2. The third-order valence-electron chi connectivity index (χ3n) is 3.58. The third-order valence-corrected chi connectivity index (χ3v) is 3.83. The van der Waals surface area contributed by atoms with Crippen molar-refractivity contribution in [1.82, 2.24) is 10.3 Å². The zero-order valence-electron chi connectivity index (χ0n) is 14.0. The molecule has 0 radical (unpaired) electrons. The van der Waals surface area contributed by atoms with Gasteiger partial charge >= 0.3 is 0 Å². The Labute approximate surface area is 157 Å². The van der Waals surface area contributed by atoms with Gasteiger partial charge in [0.2, 0.25) is 0 Å². The van der Waals surface area contributed by atoms with Crippen LogP contribution < -0.4 is 15.4 Å². The number of ether oxygens (including phenoxy) is 1. The van der Waals surface area contributed by atoms with E-state index in [0.29, 0.717) is 23.2 Å². The minimum Gasteiger partial charge on any atom is -0.485 e. The van der Waals surface area contributed by atoms with E-state index in [1.165, 1.54) is 12.1 Å². The molecular weight excluding hydrogens is 349 g/mol. The molecule has 0 aliphatic carbocycles. The van der Waals surface area contributed by atoms with E-state index in [4.69, 9.17) is 17.0 Å². The molecule has 3 rings (SSSR count). The largest absolute Gasteiger partial charge is 0.485 e. The Balaban J connectivity index is 1.58. The van der Waals surface area contributed by atoms with Crippen LogP contribution in [0.25, 0.3) is 0 Å². The van der Waals surface area contributed by atoms with Crippen LogP contribution in [0, 0.1) is 5.82 Å². The summed E-state index contributed by atoms with van der Waals surface area (Å²) in [6.07, 6.45) is 1.65. The Kier molecular flexibility index (Phi) is 6.11. The quantitative estimate of drug-likeness (QED) is 0.637. The van der Waals surface area contributed by atoms with Gasteiger partial charge in [0.1, 0.15) is 12.4 Å². The molecule has 2 aromatic carbocycles. The average molecular weight is 367 g/mol. The average Bonchev–Trinajstić information content (AvgIpc) is 2.67. The molecule has 132 valence electrons. The molecule has 0 aliphatic heterocycles. The number of halogens is 1. The summed E-state index contributed by atoms with van der Waals surface area (Å²) in [6.45, 7) is 0.849. The van der Waals surface area contributed by atoms with E-state index in [0.717, 1.165) is 11.1 Å². The molecule has 0 spiro atoms. The topological polar surface area (TPSA) is 46.2 Å². The molecular formula is C20H18FN3OS. The lowest BCUT2D eigenvalue weighted by molar-refractivity contribution is 0.306. The number of thiocarbonyl (C=S) groups is 1. The van der Waals surface area contributed by atoms with Crippen molar-refractivity contribution in [3.63, 3.8) is 0 Å². The predicted molar refractivity (Wildman–Crippen MR) is 104 cm³/mol. The fourth-order valence-electron chi connectivity index (χ4n) is 2.32. The Morgan fingerprint density at radius 3 is 2.62 bits per heavy atom. The Morgan fingerprint density at radius 1 is 1.00 bits per heavy atom. The highest BCUT2D eigenvalue weighted by molar-refractivity contribution is 7.80. The zero-order chi connectivity index (χ0) is 18.2. The first kappa shape index (κ1) is 17.8. The van der Waals surface area contributed by atoms with Gasteiger partial charge in [-0.15, -0.1) is 0 Å². The van der Waals surface area contributed by atoms with Gasteiger partial charge in [-0.2, -0.15) is 0 Å². The fraction of sp³-hybridized carbons (Fsp3) is 0.100. The monoisotopic (exact) mass is 367 g/mol. The van der Waals surface area contributed by atoms with Gasteiger partial charge < -0.3 is 15.4 Å². The number of hydrogen-bond acceptors (Lipinski definition) is 3. The van der Waals surface area contributed by atoms with Crippen LogP contribution in [0.4, 0.5) is 10.2 Å². The van der Waals surface area contributed by atoms with E-state index in [9.17, 15) is 4.39 Å². The molecule has 0 unspecified atom stereocenters. The van der Waals surface area contributed by atoms with E-state index in [1.54, 1.807) is 30.5 Å². The van der Waals surface area contributed by atoms with Gasteiger partial charge in [0.05, 0.1) is 0 Å². The molecule has 3 aromatic rings. The van der Waals surface area contributed by atoms with Gasteiger partial charge in [-0.3, -0.25) is 0 Å². The third kappa shape index (κ3) is 5.26. The Hall–Kier alpha value is -2.99. The maximum absolute atomic E-state index is 13.3. The number of rotatable bonds is 6. The second-order valence-electron chi connectivity index (χ2n) is 5.56. The van der Waals surface area contributed by atoms with Crippen molar-refractivity contribution >= 4 is 23.1 Å². The van der Waals surface area contributed by atoms with Gasteiger partial charge in [-0.05, 0) is 47.6 Å². The van der Waals surface area contributed by atoms with Crippen molar-refractivity contribution in [1.29, 1.82) is 0 Å². The number of anilines is 1. The Morgan fingerprint density at radius 2 is 1.81 bits per heavy atom. The number of pyridine rings is 1. The number of nitrogens with one attached hydrogen (secondary N) is 2. The molecule has 1 heterocycles. The summed E-state index contributed by atoms with van der Waals surface area (Å²) in [6, 6.07) is 19.8. The molecule has 26 heavy (non-hydrogen) atoms. The summed E-state index contributed by atoms with van der Waals surface area (Å²) in [5, 5.41) is 6.62. The van der Waals surface area contributed by atoms with Gasteiger partial charge in [0, 0.05) is 12.7 Å². The van der Waals surface area contributed by atoms with Crippen LogP contribution in [0.5, 0.6) is 5.75 Å². The zero-order valence-corrected chi connectivity index (χ0v) is 14.8. The minimum atomic E-state index is -0.290. The molecule has 2 N–H and O–H groups in total. The van der Waals surface area contributed by atoms with E-state index < -0.39 is 0 Å². The number of nitrogens with zero attached hydrogens (tertiary/aromatic N) is 1. The van der Waals surface area contributed by atoms with Gasteiger partial charge in [0.15, 0.2) is 16.7 Å². The van der Waals surface area contributed by atoms with Crippen LogP contribution in [-0.2, 0) is 13.2 Å². The summed E-state index contributed by atoms with van der Waals surface area (Å²) >= 11 is 5.32. The van der Waals surface area contributed by atoms with Crippen molar-refractivity contribution in [2.45, 2.75) is 13.2 Å². The van der Waals surface area contributed by atoms with E-state index in [1.807, 2.05) is 30.3 Å². The molecule has 0 saturated heterocycles. The molecule has 0 saturated carbocycles. The highest BCUT2D eigenvalue weighted by Gasteiger charge is 2.07. The summed E-state index contributed by atoms with van der Waals surface area (Å²) in [4.78, 5) is 4.27. The minimum absolute atomic E-state index is 0.238. The van der Waals surface area contributed by atoms with Crippen molar-refractivity contribution in [3.8, 4) is 5.75 Å². The van der Waals surface area contributed by atoms with Crippen LogP contribution in [0.1, 0.15) is 11.1 Å². The van der Waals surface area contributed by atoms with Crippen LogP contribution in [-0.4, -0.2) is 10.1 Å². The lowest BCUT2D eigenvalue weighted by Gasteiger charge is -2.14. The lowest BCUT2D eigenvalue weighted by atomic mass is 10.2. The predicted octanol–water partition coefficient (Wildman–Crippen LogP) is 4.29. The van der Waals surface area contributed by atoms with Crippen molar-refractivity contribution < 1.29 is 9.13 Å². The van der Waals surface area contributed by atoms with E-state index in [-0.39, 0.29) is 12.4 Å². The van der Waals surface area contributed by atoms with Crippen LogP contribution in [0.15, 0.2) is 72.9 Å². The van der Waals surface area contributed by atoms with Gasteiger partial charge in [-0.1, -0.05) is 42.5 Å². The first-order valence-corrected chi connectivity index (χ1v) is 8.52. The maximum atomic E-state index is 13.3. The molecule has 0 aliphatic rings. The second-order valence-corrected chi connectivity index (χ2v) is 5.97.